The summed E-state index contributed by atoms with van der Waals surface area (Å²) < 4.78 is 0. The Morgan fingerprint density at radius 1 is 1.33 bits per heavy atom. The molecule has 21 heavy (non-hydrogen) atoms. The van der Waals surface area contributed by atoms with E-state index in [4.69, 9.17) is 16.6 Å². The molecule has 1 N–H and O–H groups in total. The van der Waals surface area contributed by atoms with Crippen molar-refractivity contribution in [1.29, 1.82) is 0 Å². The van der Waals surface area contributed by atoms with E-state index in [1.807, 2.05) is 19.2 Å². The topological polar surface area (TPSA) is 24.9 Å². The Kier molecular flexibility index (Phi) is 5.07. The van der Waals surface area contributed by atoms with E-state index in [1.54, 1.807) is 11.3 Å². The molecule has 0 fully saturated rings. The molecule has 1 heterocycles. The molecular weight excluding hydrogens is 300 g/mol. The van der Waals surface area contributed by atoms with Crippen molar-refractivity contribution >= 4 is 22.9 Å². The van der Waals surface area contributed by atoms with E-state index < -0.39 is 0 Å². The summed E-state index contributed by atoms with van der Waals surface area (Å²) >= 11 is 7.98. The quantitative estimate of drug-likeness (QED) is 0.865. The fourth-order valence-electron chi connectivity index (χ4n) is 2.29. The molecule has 1 aromatic heterocycles. The lowest BCUT2D eigenvalue weighted by molar-refractivity contribution is 0.559. The number of thiazole rings is 1. The molecule has 0 spiro atoms. The molecule has 2 aromatic rings. The molecule has 4 heteroatoms. The molecule has 0 aliphatic rings. The summed E-state index contributed by atoms with van der Waals surface area (Å²) in [4.78, 5) is 4.79. The SMILES string of the molecule is CNC(Cc1nc(C(C)(C)C)cs1)c1cccc(Cl)c1C. The Labute approximate surface area is 136 Å². The smallest absolute Gasteiger partial charge is 0.0947 e. The Morgan fingerprint density at radius 3 is 2.62 bits per heavy atom. The van der Waals surface area contributed by atoms with E-state index in [2.05, 4.69) is 44.5 Å². The number of aromatic nitrogens is 1. The molecule has 0 saturated carbocycles. The van der Waals surface area contributed by atoms with Gasteiger partial charge in [0, 0.05) is 28.3 Å². The van der Waals surface area contributed by atoms with Crippen LogP contribution < -0.4 is 5.32 Å². The lowest BCUT2D eigenvalue weighted by atomic mass is 9.93. The fourth-order valence-corrected chi connectivity index (χ4v) is 3.54. The molecule has 1 aromatic carbocycles. The maximum atomic E-state index is 6.24. The van der Waals surface area contributed by atoms with E-state index in [0.29, 0.717) is 0 Å². The summed E-state index contributed by atoms with van der Waals surface area (Å²) in [5.41, 5.74) is 3.67. The summed E-state index contributed by atoms with van der Waals surface area (Å²) in [6.45, 7) is 8.66. The third-order valence-corrected chi connectivity index (χ3v) is 5.01. The Morgan fingerprint density at radius 2 is 2.05 bits per heavy atom. The zero-order valence-corrected chi connectivity index (χ0v) is 14.9. The minimum Gasteiger partial charge on any atom is -0.313 e. The van der Waals surface area contributed by atoms with Crippen LogP contribution in [-0.4, -0.2) is 12.0 Å². The number of hydrogen-bond acceptors (Lipinski definition) is 3. The molecule has 0 amide bonds. The number of rotatable bonds is 4. The van der Waals surface area contributed by atoms with Gasteiger partial charge < -0.3 is 5.32 Å². The van der Waals surface area contributed by atoms with Crippen molar-refractivity contribution in [3.63, 3.8) is 0 Å². The predicted octanol–water partition coefficient (Wildman–Crippen LogP) is 4.91. The van der Waals surface area contributed by atoms with Crippen LogP contribution in [0, 0.1) is 6.92 Å². The van der Waals surface area contributed by atoms with Crippen LogP contribution in [0.5, 0.6) is 0 Å². The van der Waals surface area contributed by atoms with Crippen LogP contribution >= 0.6 is 22.9 Å². The largest absolute Gasteiger partial charge is 0.313 e. The van der Waals surface area contributed by atoms with Gasteiger partial charge in [-0.2, -0.15) is 0 Å². The number of likely N-dealkylation sites (N-methyl/N-ethyl adjacent to an activating group) is 1. The average molecular weight is 323 g/mol. The summed E-state index contributed by atoms with van der Waals surface area (Å²) in [5.74, 6) is 0. The van der Waals surface area contributed by atoms with Gasteiger partial charge in [-0.15, -0.1) is 11.3 Å². The van der Waals surface area contributed by atoms with Gasteiger partial charge in [0.2, 0.25) is 0 Å². The van der Waals surface area contributed by atoms with Gasteiger partial charge in [0.15, 0.2) is 0 Å². The zero-order valence-electron chi connectivity index (χ0n) is 13.3. The van der Waals surface area contributed by atoms with E-state index in [1.165, 1.54) is 16.3 Å². The predicted molar refractivity (Wildman–Crippen MR) is 92.5 cm³/mol. The highest BCUT2D eigenvalue weighted by Crippen LogP contribution is 2.29. The maximum absolute atomic E-state index is 6.24. The van der Waals surface area contributed by atoms with Crippen molar-refractivity contribution in [2.45, 2.75) is 45.6 Å². The molecule has 0 saturated heterocycles. The molecule has 2 rings (SSSR count). The number of nitrogens with one attached hydrogen (secondary N) is 1. The Balaban J connectivity index is 2.23. The van der Waals surface area contributed by atoms with Crippen molar-refractivity contribution < 1.29 is 0 Å². The van der Waals surface area contributed by atoms with Crippen LogP contribution in [0.25, 0.3) is 0 Å². The first kappa shape index (κ1) is 16.5. The standard InChI is InChI=1S/C17H23ClN2S/c1-11-12(7-6-8-13(11)18)14(19-5)9-16-20-15(10-21-16)17(2,3)4/h6-8,10,14,19H,9H2,1-5H3. The van der Waals surface area contributed by atoms with Crippen LogP contribution in [0.15, 0.2) is 23.6 Å². The summed E-state index contributed by atoms with van der Waals surface area (Å²) in [7, 11) is 1.99. The third-order valence-electron chi connectivity index (χ3n) is 3.73. The lowest BCUT2D eigenvalue weighted by Crippen LogP contribution is -2.20. The van der Waals surface area contributed by atoms with Crippen LogP contribution in [0.3, 0.4) is 0 Å². The average Bonchev–Trinajstić information content (AvgIpc) is 2.88. The second-order valence-corrected chi connectivity index (χ2v) is 7.73. The van der Waals surface area contributed by atoms with Gasteiger partial charge in [0.25, 0.3) is 0 Å². The third kappa shape index (κ3) is 3.85. The van der Waals surface area contributed by atoms with E-state index >= 15 is 0 Å². The fraction of sp³-hybridized carbons (Fsp3) is 0.471. The van der Waals surface area contributed by atoms with Crippen molar-refractivity contribution in [2.75, 3.05) is 7.05 Å². The summed E-state index contributed by atoms with van der Waals surface area (Å²) in [5, 5.41) is 7.55. The van der Waals surface area contributed by atoms with E-state index in [-0.39, 0.29) is 11.5 Å². The van der Waals surface area contributed by atoms with Gasteiger partial charge in [-0.1, -0.05) is 44.5 Å². The Bertz CT molecular complexity index is 613. The van der Waals surface area contributed by atoms with E-state index in [9.17, 15) is 0 Å². The summed E-state index contributed by atoms with van der Waals surface area (Å²) in [6, 6.07) is 6.33. The van der Waals surface area contributed by atoms with Crippen molar-refractivity contribution in [3.8, 4) is 0 Å². The maximum Gasteiger partial charge on any atom is 0.0947 e. The minimum atomic E-state index is 0.107. The van der Waals surface area contributed by atoms with Gasteiger partial charge in [-0.25, -0.2) is 4.98 Å². The zero-order chi connectivity index (χ0) is 15.6. The van der Waals surface area contributed by atoms with Crippen LogP contribution in [0.4, 0.5) is 0 Å². The number of benzene rings is 1. The normalized spacial score (nSPS) is 13.4. The molecule has 0 aliphatic carbocycles. The molecule has 114 valence electrons. The van der Waals surface area contributed by atoms with Crippen LogP contribution in [0.1, 0.15) is 48.6 Å². The van der Waals surface area contributed by atoms with Crippen LogP contribution in [0.2, 0.25) is 5.02 Å². The molecule has 1 atom stereocenters. The summed E-state index contributed by atoms with van der Waals surface area (Å²) in [6.07, 6.45) is 0.887. The molecule has 1 unspecified atom stereocenters. The first-order valence-electron chi connectivity index (χ1n) is 7.20. The second kappa shape index (κ2) is 6.47. The first-order chi connectivity index (χ1) is 9.82. The highest BCUT2D eigenvalue weighted by Gasteiger charge is 2.20. The van der Waals surface area contributed by atoms with Crippen molar-refractivity contribution in [1.82, 2.24) is 10.3 Å². The molecular formula is C17H23ClN2S. The van der Waals surface area contributed by atoms with Crippen LogP contribution in [-0.2, 0) is 11.8 Å². The first-order valence-corrected chi connectivity index (χ1v) is 8.46. The highest BCUT2D eigenvalue weighted by atomic mass is 35.5. The number of halogens is 1. The number of hydrogen-bond donors (Lipinski definition) is 1. The van der Waals surface area contributed by atoms with Crippen molar-refractivity contribution in [3.05, 3.63) is 50.4 Å². The number of nitrogens with zero attached hydrogens (tertiary/aromatic N) is 1. The molecule has 2 nitrogen and oxygen atoms in total. The molecule has 0 radical (unpaired) electrons. The molecule has 0 bridgehead atoms. The lowest BCUT2D eigenvalue weighted by Gasteiger charge is -2.19. The van der Waals surface area contributed by atoms with Gasteiger partial charge in [-0.3, -0.25) is 0 Å². The second-order valence-electron chi connectivity index (χ2n) is 6.38. The minimum absolute atomic E-state index is 0.107. The van der Waals surface area contributed by atoms with E-state index in [0.717, 1.165) is 17.0 Å². The van der Waals surface area contributed by atoms with Gasteiger partial charge in [0.05, 0.1) is 10.7 Å². The van der Waals surface area contributed by atoms with Gasteiger partial charge >= 0.3 is 0 Å². The Hall–Kier alpha value is -0.900. The van der Waals surface area contributed by atoms with Crippen molar-refractivity contribution in [2.24, 2.45) is 0 Å². The monoisotopic (exact) mass is 322 g/mol. The highest BCUT2D eigenvalue weighted by molar-refractivity contribution is 7.09. The van der Waals surface area contributed by atoms with Gasteiger partial charge in [0.1, 0.15) is 0 Å². The van der Waals surface area contributed by atoms with Gasteiger partial charge in [-0.05, 0) is 31.2 Å². The molecule has 0 aliphatic heterocycles.